The van der Waals surface area contributed by atoms with E-state index in [1.54, 1.807) is 12.1 Å². The van der Waals surface area contributed by atoms with Crippen molar-refractivity contribution in [3.63, 3.8) is 0 Å². The lowest BCUT2D eigenvalue weighted by Crippen LogP contribution is -2.48. The summed E-state index contributed by atoms with van der Waals surface area (Å²) in [6.07, 6.45) is 2.28. The van der Waals surface area contributed by atoms with Gasteiger partial charge in [-0.05, 0) is 25.5 Å². The molecular formula is C14H18N4O3. The molecule has 0 aliphatic carbocycles. The molecule has 2 heterocycles. The first kappa shape index (κ1) is 15.0. The second-order valence-electron chi connectivity index (χ2n) is 4.82. The molecule has 1 unspecified atom stereocenters. The van der Waals surface area contributed by atoms with Crippen LogP contribution in [0.5, 0.6) is 0 Å². The Bertz CT molecular complexity index is 573. The molecule has 2 N–H and O–H groups in total. The number of likely N-dealkylation sites (N-methyl/N-ethyl adjacent to an activating group) is 1. The van der Waals surface area contributed by atoms with E-state index in [4.69, 9.17) is 0 Å². The summed E-state index contributed by atoms with van der Waals surface area (Å²) < 4.78 is 0. The van der Waals surface area contributed by atoms with Crippen molar-refractivity contribution >= 4 is 23.4 Å². The molecule has 112 valence electrons. The lowest BCUT2D eigenvalue weighted by molar-refractivity contribution is -0.146. The number of carbonyl (C=O) groups is 3. The Kier molecular flexibility index (Phi) is 4.52. The molecule has 0 bridgehead atoms. The maximum absolute atomic E-state index is 12.0. The number of carbonyl (C=O) groups excluding carboxylic acids is 3. The van der Waals surface area contributed by atoms with Gasteiger partial charge in [-0.2, -0.15) is 0 Å². The predicted octanol–water partition coefficient (Wildman–Crippen LogP) is 0.391. The van der Waals surface area contributed by atoms with Crippen molar-refractivity contribution < 1.29 is 14.4 Å². The third kappa shape index (κ3) is 3.36. The number of amides is 3. The van der Waals surface area contributed by atoms with Crippen LogP contribution in [-0.4, -0.2) is 47.2 Å². The smallest absolute Gasteiger partial charge is 0.269 e. The van der Waals surface area contributed by atoms with Crippen LogP contribution in [0.3, 0.4) is 0 Å². The highest BCUT2D eigenvalue weighted by Crippen LogP contribution is 2.17. The van der Waals surface area contributed by atoms with E-state index in [-0.39, 0.29) is 23.4 Å². The van der Waals surface area contributed by atoms with Crippen LogP contribution in [0, 0.1) is 0 Å². The van der Waals surface area contributed by atoms with Crippen molar-refractivity contribution in [3.05, 3.63) is 24.0 Å². The van der Waals surface area contributed by atoms with Gasteiger partial charge in [0.2, 0.25) is 5.91 Å². The van der Waals surface area contributed by atoms with Crippen molar-refractivity contribution in [3.8, 4) is 0 Å². The number of nitrogens with zero attached hydrogens (tertiary/aromatic N) is 2. The number of likely N-dealkylation sites (tertiary alicyclic amines) is 1. The van der Waals surface area contributed by atoms with Gasteiger partial charge in [-0.1, -0.05) is 0 Å². The second-order valence-corrected chi connectivity index (χ2v) is 4.82. The zero-order valence-electron chi connectivity index (χ0n) is 12.0. The van der Waals surface area contributed by atoms with Gasteiger partial charge >= 0.3 is 0 Å². The van der Waals surface area contributed by atoms with E-state index in [0.717, 1.165) is 4.90 Å². The quantitative estimate of drug-likeness (QED) is 0.783. The molecule has 1 fully saturated rings. The summed E-state index contributed by atoms with van der Waals surface area (Å²) in [5, 5.41) is 5.72. The lowest BCUT2D eigenvalue weighted by atomic mass is 10.0. The van der Waals surface area contributed by atoms with Gasteiger partial charge in [0, 0.05) is 31.9 Å². The Hall–Kier alpha value is -2.44. The molecule has 0 spiro atoms. The van der Waals surface area contributed by atoms with Crippen LogP contribution in [0.1, 0.15) is 30.3 Å². The van der Waals surface area contributed by atoms with E-state index in [0.29, 0.717) is 25.1 Å². The number of rotatable bonds is 4. The fourth-order valence-electron chi connectivity index (χ4n) is 2.15. The Morgan fingerprint density at radius 2 is 2.24 bits per heavy atom. The van der Waals surface area contributed by atoms with E-state index < -0.39 is 6.04 Å². The lowest BCUT2D eigenvalue weighted by Gasteiger charge is -2.28. The summed E-state index contributed by atoms with van der Waals surface area (Å²) in [4.78, 5) is 40.3. The van der Waals surface area contributed by atoms with Gasteiger partial charge in [0.15, 0.2) is 0 Å². The van der Waals surface area contributed by atoms with Gasteiger partial charge in [-0.25, -0.2) is 0 Å². The van der Waals surface area contributed by atoms with Crippen LogP contribution in [0.2, 0.25) is 0 Å². The highest BCUT2D eigenvalue weighted by molar-refractivity contribution is 6.01. The number of aromatic nitrogens is 1. The minimum absolute atomic E-state index is 0.171. The van der Waals surface area contributed by atoms with Crippen LogP contribution in [-0.2, 0) is 9.59 Å². The van der Waals surface area contributed by atoms with Gasteiger partial charge in [0.25, 0.3) is 11.8 Å². The van der Waals surface area contributed by atoms with Crippen molar-refractivity contribution in [2.75, 3.05) is 18.9 Å². The van der Waals surface area contributed by atoms with Crippen LogP contribution in [0.15, 0.2) is 18.3 Å². The zero-order valence-corrected chi connectivity index (χ0v) is 12.0. The topological polar surface area (TPSA) is 91.4 Å². The molecule has 0 aromatic carbocycles. The average Bonchev–Trinajstić information content (AvgIpc) is 2.48. The molecule has 7 nitrogen and oxygen atoms in total. The normalized spacial score (nSPS) is 18.6. The van der Waals surface area contributed by atoms with Gasteiger partial charge in [0.1, 0.15) is 11.7 Å². The summed E-state index contributed by atoms with van der Waals surface area (Å²) in [7, 11) is 1.48. The molecule has 7 heteroatoms. The highest BCUT2D eigenvalue weighted by Gasteiger charge is 2.31. The first-order chi connectivity index (χ1) is 10.0. The fraction of sp³-hybridized carbons (Fsp3) is 0.429. The second kappa shape index (κ2) is 6.34. The Morgan fingerprint density at radius 3 is 2.95 bits per heavy atom. The molecule has 1 atom stereocenters. The largest absolute Gasteiger partial charge is 0.374 e. The van der Waals surface area contributed by atoms with E-state index in [1.807, 2.05) is 6.92 Å². The number of piperidine rings is 1. The van der Waals surface area contributed by atoms with Crippen molar-refractivity contribution in [1.29, 1.82) is 0 Å². The van der Waals surface area contributed by atoms with Gasteiger partial charge in [-0.15, -0.1) is 0 Å². The molecule has 3 amide bonds. The van der Waals surface area contributed by atoms with Gasteiger partial charge in [0.05, 0.1) is 0 Å². The SMILES string of the molecule is CCNC(=O)c1cc(NC2CCC(=O)N(C)C2=O)ccn1. The number of nitrogens with one attached hydrogen (secondary N) is 2. The van der Waals surface area contributed by atoms with Crippen molar-refractivity contribution in [2.24, 2.45) is 0 Å². The Morgan fingerprint density at radius 1 is 1.48 bits per heavy atom. The van der Waals surface area contributed by atoms with Crippen molar-refractivity contribution in [1.82, 2.24) is 15.2 Å². The summed E-state index contributed by atoms with van der Waals surface area (Å²) >= 11 is 0. The molecule has 1 aliphatic heterocycles. The van der Waals surface area contributed by atoms with Crippen LogP contribution < -0.4 is 10.6 Å². The molecule has 1 saturated heterocycles. The first-order valence-electron chi connectivity index (χ1n) is 6.84. The van der Waals surface area contributed by atoms with E-state index >= 15 is 0 Å². The van der Waals surface area contributed by atoms with Crippen LogP contribution in [0.25, 0.3) is 0 Å². The average molecular weight is 290 g/mol. The number of imide groups is 1. The minimum atomic E-state index is -0.461. The maximum Gasteiger partial charge on any atom is 0.269 e. The summed E-state index contributed by atoms with van der Waals surface area (Å²) in [6.45, 7) is 2.35. The van der Waals surface area contributed by atoms with E-state index in [1.165, 1.54) is 13.2 Å². The molecule has 0 saturated carbocycles. The zero-order chi connectivity index (χ0) is 15.4. The van der Waals surface area contributed by atoms with E-state index in [9.17, 15) is 14.4 Å². The molecule has 2 rings (SSSR count). The number of hydrogen-bond acceptors (Lipinski definition) is 5. The monoisotopic (exact) mass is 290 g/mol. The maximum atomic E-state index is 12.0. The molecule has 1 aliphatic rings. The third-order valence-electron chi connectivity index (χ3n) is 3.32. The summed E-state index contributed by atoms with van der Waals surface area (Å²) in [6, 6.07) is 2.82. The van der Waals surface area contributed by atoms with Crippen LogP contribution in [0.4, 0.5) is 5.69 Å². The van der Waals surface area contributed by atoms with Gasteiger partial charge < -0.3 is 10.6 Å². The summed E-state index contributed by atoms with van der Waals surface area (Å²) in [5.74, 6) is -0.693. The third-order valence-corrected chi connectivity index (χ3v) is 3.32. The first-order valence-corrected chi connectivity index (χ1v) is 6.84. The molecule has 1 aromatic heterocycles. The predicted molar refractivity (Wildman–Crippen MR) is 76.7 cm³/mol. The highest BCUT2D eigenvalue weighted by atomic mass is 16.2. The van der Waals surface area contributed by atoms with E-state index in [2.05, 4.69) is 15.6 Å². The van der Waals surface area contributed by atoms with Crippen molar-refractivity contribution in [2.45, 2.75) is 25.8 Å². The molecule has 0 radical (unpaired) electrons. The summed E-state index contributed by atoms with van der Waals surface area (Å²) in [5.41, 5.74) is 0.918. The number of pyridine rings is 1. The fourth-order valence-corrected chi connectivity index (χ4v) is 2.15. The van der Waals surface area contributed by atoms with Crippen LogP contribution >= 0.6 is 0 Å². The number of anilines is 1. The van der Waals surface area contributed by atoms with Gasteiger partial charge in [-0.3, -0.25) is 24.3 Å². The Labute approximate surface area is 122 Å². The Balaban J connectivity index is 2.09. The standard InChI is InChI=1S/C14H18N4O3/c1-3-15-13(20)11-8-9(6-7-16-11)17-10-4-5-12(19)18(2)14(10)21/h6-8,10H,3-5H2,1-2H3,(H,15,20)(H,16,17). The number of hydrogen-bond donors (Lipinski definition) is 2. The molecule has 21 heavy (non-hydrogen) atoms. The molecular weight excluding hydrogens is 272 g/mol. The minimum Gasteiger partial charge on any atom is -0.374 e. The molecule has 1 aromatic rings.